The molecule has 0 fully saturated rings. The van der Waals surface area contributed by atoms with Gasteiger partial charge in [0.15, 0.2) is 0 Å². The third-order valence-corrected chi connectivity index (χ3v) is 4.52. The summed E-state index contributed by atoms with van der Waals surface area (Å²) in [6, 6.07) is 9.68. The first-order valence-electron chi connectivity index (χ1n) is 7.89. The number of anilines is 1. The Bertz CT molecular complexity index is 947. The van der Waals surface area contributed by atoms with E-state index in [1.54, 1.807) is 14.2 Å². The molecule has 0 spiro atoms. The minimum Gasteiger partial charge on any atom is -0.497 e. The number of imidazole rings is 1. The second kappa shape index (κ2) is 6.72. The van der Waals surface area contributed by atoms with Gasteiger partial charge in [-0.1, -0.05) is 12.2 Å². The van der Waals surface area contributed by atoms with Crippen LogP contribution in [-0.2, 0) is 0 Å². The van der Waals surface area contributed by atoms with E-state index in [1.165, 1.54) is 0 Å². The van der Waals surface area contributed by atoms with E-state index in [2.05, 4.69) is 14.9 Å². The summed E-state index contributed by atoms with van der Waals surface area (Å²) in [5.74, 6) is 2.21. The minimum atomic E-state index is 0.654. The Labute approximate surface area is 152 Å². The van der Waals surface area contributed by atoms with E-state index < -0.39 is 0 Å². The zero-order valence-corrected chi connectivity index (χ0v) is 15.8. The summed E-state index contributed by atoms with van der Waals surface area (Å²) in [4.78, 5) is 10.6. The molecule has 2 aromatic carbocycles. The predicted octanol–water partition coefficient (Wildman–Crippen LogP) is 3.72. The zero-order valence-electron chi connectivity index (χ0n) is 15.0. The average Bonchev–Trinajstić information content (AvgIpc) is 3.02. The highest BCUT2D eigenvalue weighted by molar-refractivity contribution is 7.81. The van der Waals surface area contributed by atoms with Crippen LogP contribution >= 0.6 is 12.2 Å². The summed E-state index contributed by atoms with van der Waals surface area (Å²) in [6.07, 6.45) is 0. The molecule has 6 heteroatoms. The number of hydrogen-bond donors (Lipinski definition) is 1. The van der Waals surface area contributed by atoms with Gasteiger partial charge in [-0.25, -0.2) is 4.98 Å². The van der Waals surface area contributed by atoms with Gasteiger partial charge in [-0.05, 0) is 36.8 Å². The molecule has 1 aromatic heterocycles. The van der Waals surface area contributed by atoms with Gasteiger partial charge in [0.1, 0.15) is 17.3 Å². The lowest BCUT2D eigenvalue weighted by molar-refractivity contribution is 0.414. The molecule has 0 saturated heterocycles. The molecule has 0 aliphatic carbocycles. The highest BCUT2D eigenvalue weighted by Crippen LogP contribution is 2.31. The fraction of sp³-hybridized carbons (Fsp3) is 0.263. The second-order valence-corrected chi connectivity index (χ2v) is 6.44. The molecular weight excluding hydrogens is 334 g/mol. The topological polar surface area (TPSA) is 50.4 Å². The monoisotopic (exact) mass is 355 g/mol. The maximum atomic E-state index is 5.76. The molecule has 3 rings (SSSR count). The molecule has 5 nitrogen and oxygen atoms in total. The first-order chi connectivity index (χ1) is 11.9. The normalized spacial score (nSPS) is 10.8. The number of fused-ring (bicyclic) bond motifs is 1. The van der Waals surface area contributed by atoms with Crippen molar-refractivity contribution >= 4 is 33.8 Å². The van der Waals surface area contributed by atoms with E-state index >= 15 is 0 Å². The van der Waals surface area contributed by atoms with Gasteiger partial charge >= 0.3 is 0 Å². The van der Waals surface area contributed by atoms with Crippen LogP contribution in [0.1, 0.15) is 17.0 Å². The highest BCUT2D eigenvalue weighted by atomic mass is 32.1. The first-order valence-corrected chi connectivity index (χ1v) is 8.30. The number of aryl methyl sites for hydroxylation is 1. The van der Waals surface area contributed by atoms with Gasteiger partial charge < -0.3 is 19.4 Å². The van der Waals surface area contributed by atoms with Crippen LogP contribution in [0.3, 0.4) is 0 Å². The van der Waals surface area contributed by atoms with E-state index in [0.29, 0.717) is 10.7 Å². The van der Waals surface area contributed by atoms with Gasteiger partial charge in [-0.2, -0.15) is 0 Å². The lowest BCUT2D eigenvalue weighted by Gasteiger charge is -2.21. The smallest absolute Gasteiger partial charge is 0.150 e. The average molecular weight is 355 g/mol. The van der Waals surface area contributed by atoms with Crippen molar-refractivity contribution in [1.29, 1.82) is 0 Å². The van der Waals surface area contributed by atoms with Crippen LogP contribution in [0.4, 0.5) is 5.69 Å². The quantitative estimate of drug-likeness (QED) is 0.558. The van der Waals surface area contributed by atoms with E-state index in [0.717, 1.165) is 39.3 Å². The Kier molecular flexibility index (Phi) is 4.63. The Morgan fingerprint density at radius 2 is 1.80 bits per heavy atom. The fourth-order valence-electron chi connectivity index (χ4n) is 2.98. The van der Waals surface area contributed by atoms with E-state index in [9.17, 15) is 0 Å². The van der Waals surface area contributed by atoms with E-state index in [-0.39, 0.29) is 0 Å². The minimum absolute atomic E-state index is 0.654. The Hall–Kier alpha value is -2.60. The Morgan fingerprint density at radius 3 is 2.44 bits per heavy atom. The third-order valence-electron chi connectivity index (χ3n) is 4.11. The molecule has 0 amide bonds. The summed E-state index contributed by atoms with van der Waals surface area (Å²) in [5.41, 5.74) is 4.82. The summed E-state index contributed by atoms with van der Waals surface area (Å²) in [5, 5.41) is 0. The number of rotatable bonds is 5. The first kappa shape index (κ1) is 17.2. The van der Waals surface area contributed by atoms with Gasteiger partial charge in [0, 0.05) is 31.4 Å². The standard InChI is InChI=1S/C19H21N3O2S/c1-11-8-13(24-5)9-14(17(11)22(2)3)18(25)19-20-15-7-6-12(23-4)10-16(15)21-19/h6-10H,1-5H3,(H,20,21). The van der Waals surface area contributed by atoms with Crippen molar-refractivity contribution in [3.8, 4) is 11.5 Å². The number of methoxy groups -OCH3 is 2. The maximum absolute atomic E-state index is 5.76. The van der Waals surface area contributed by atoms with Crippen LogP contribution in [-0.4, -0.2) is 43.1 Å². The molecule has 1 N–H and O–H groups in total. The van der Waals surface area contributed by atoms with Crippen molar-refractivity contribution < 1.29 is 9.47 Å². The molecule has 0 aliphatic heterocycles. The number of nitrogens with one attached hydrogen (secondary N) is 1. The fourth-order valence-corrected chi connectivity index (χ4v) is 3.23. The SMILES string of the molecule is COc1cc(C)c(N(C)C)c(C(=S)c2nc3ccc(OC)cc3[nH]2)c1. The number of nitrogens with zero attached hydrogens (tertiary/aromatic N) is 2. The number of ether oxygens (including phenoxy) is 2. The van der Waals surface area contributed by atoms with Gasteiger partial charge in [0.2, 0.25) is 0 Å². The van der Waals surface area contributed by atoms with Crippen molar-refractivity contribution in [2.45, 2.75) is 6.92 Å². The zero-order chi connectivity index (χ0) is 18.1. The third kappa shape index (κ3) is 3.17. The van der Waals surface area contributed by atoms with E-state index in [4.69, 9.17) is 21.7 Å². The maximum Gasteiger partial charge on any atom is 0.150 e. The second-order valence-electron chi connectivity index (χ2n) is 6.03. The van der Waals surface area contributed by atoms with Crippen LogP contribution in [0.15, 0.2) is 30.3 Å². The van der Waals surface area contributed by atoms with Crippen LogP contribution in [0, 0.1) is 6.92 Å². The van der Waals surface area contributed by atoms with Crippen LogP contribution in [0.25, 0.3) is 11.0 Å². The predicted molar refractivity (Wildman–Crippen MR) is 106 cm³/mol. The number of H-pyrrole nitrogens is 1. The van der Waals surface area contributed by atoms with Gasteiger partial charge in [0.05, 0.1) is 30.1 Å². The molecule has 0 aliphatic rings. The van der Waals surface area contributed by atoms with Crippen molar-refractivity contribution in [2.24, 2.45) is 0 Å². The summed E-state index contributed by atoms with van der Waals surface area (Å²) in [6.45, 7) is 2.05. The lowest BCUT2D eigenvalue weighted by Crippen LogP contribution is -2.16. The number of aromatic amines is 1. The van der Waals surface area contributed by atoms with Crippen molar-refractivity contribution in [3.63, 3.8) is 0 Å². The summed E-state index contributed by atoms with van der Waals surface area (Å²) < 4.78 is 10.7. The molecule has 0 saturated carbocycles. The van der Waals surface area contributed by atoms with Crippen molar-refractivity contribution in [2.75, 3.05) is 33.2 Å². The lowest BCUT2D eigenvalue weighted by atomic mass is 10.0. The molecule has 1 heterocycles. The number of hydrogen-bond acceptors (Lipinski definition) is 5. The number of benzene rings is 2. The molecule has 25 heavy (non-hydrogen) atoms. The molecular formula is C19H21N3O2S. The van der Waals surface area contributed by atoms with Gasteiger partial charge in [-0.3, -0.25) is 0 Å². The number of aromatic nitrogens is 2. The van der Waals surface area contributed by atoms with Crippen molar-refractivity contribution in [3.05, 3.63) is 47.3 Å². The largest absolute Gasteiger partial charge is 0.497 e. The molecule has 0 unspecified atom stereocenters. The van der Waals surface area contributed by atoms with Crippen LogP contribution < -0.4 is 14.4 Å². The van der Waals surface area contributed by atoms with Crippen LogP contribution in [0.2, 0.25) is 0 Å². The molecule has 3 aromatic rings. The Morgan fingerprint density at radius 1 is 1.08 bits per heavy atom. The van der Waals surface area contributed by atoms with E-state index in [1.807, 2.05) is 51.4 Å². The Balaban J connectivity index is 2.13. The molecule has 0 bridgehead atoms. The molecule has 0 radical (unpaired) electrons. The van der Waals surface area contributed by atoms with Crippen LogP contribution in [0.5, 0.6) is 11.5 Å². The summed E-state index contributed by atoms with van der Waals surface area (Å²) >= 11 is 5.76. The van der Waals surface area contributed by atoms with Gasteiger partial charge in [-0.15, -0.1) is 0 Å². The highest BCUT2D eigenvalue weighted by Gasteiger charge is 2.18. The summed E-state index contributed by atoms with van der Waals surface area (Å²) in [7, 11) is 7.31. The van der Waals surface area contributed by atoms with Crippen molar-refractivity contribution in [1.82, 2.24) is 9.97 Å². The number of thiocarbonyl (C=S) groups is 1. The molecule has 130 valence electrons. The van der Waals surface area contributed by atoms with Gasteiger partial charge in [0.25, 0.3) is 0 Å². The molecule has 0 atom stereocenters.